The molecule has 228 valence electrons. The Morgan fingerprint density at radius 1 is 0.476 bits per heavy atom. The van der Waals surface area contributed by atoms with Crippen molar-refractivity contribution in [1.82, 2.24) is 29.9 Å². The second-order valence-electron chi connectivity index (χ2n) is 6.92. The van der Waals surface area contributed by atoms with Crippen molar-refractivity contribution in [2.45, 2.75) is 0 Å². The van der Waals surface area contributed by atoms with Crippen LogP contribution in [0.5, 0.6) is 0 Å². The first-order valence-corrected chi connectivity index (χ1v) is 14.6. The number of hydrogen-bond acceptors (Lipinski definition) is 16. The second kappa shape index (κ2) is 17.7. The van der Waals surface area contributed by atoms with Gasteiger partial charge in [-0.2, -0.15) is 0 Å². The fraction of sp³-hybridized carbons (Fsp3) is 0. The van der Waals surface area contributed by atoms with E-state index in [4.69, 9.17) is 37.3 Å². The van der Waals surface area contributed by atoms with Gasteiger partial charge in [-0.1, -0.05) is 0 Å². The van der Waals surface area contributed by atoms with E-state index in [0.29, 0.717) is 0 Å². The van der Waals surface area contributed by atoms with E-state index in [2.05, 4.69) is 29.9 Å². The Kier molecular flexibility index (Phi) is 15.9. The molecule has 6 aromatic heterocycles. The molecule has 0 atom stereocenters. The Hall–Kier alpha value is -2.32. The van der Waals surface area contributed by atoms with Crippen LogP contribution in [0, 0.1) is 20.5 Å². The van der Waals surface area contributed by atoms with E-state index in [0.717, 1.165) is 43.5 Å². The minimum absolute atomic E-state index is 0. The first-order chi connectivity index (χ1) is 18.9. The molecule has 0 spiro atoms. The molecule has 0 aromatic carbocycles. The number of rotatable bonds is 2. The molecule has 6 aromatic rings. The van der Waals surface area contributed by atoms with Gasteiger partial charge in [0, 0.05) is 46.3 Å². The van der Waals surface area contributed by atoms with Gasteiger partial charge in [-0.25, -0.2) is 67.2 Å². The predicted octanol–water partition coefficient (Wildman–Crippen LogP) is -4.01. The van der Waals surface area contributed by atoms with Gasteiger partial charge in [-0.05, 0) is 48.5 Å². The number of nitrogens with zero attached hydrogens (tertiary/aromatic N) is 6. The van der Waals surface area contributed by atoms with Gasteiger partial charge < -0.3 is 0 Å². The van der Waals surface area contributed by atoms with Crippen LogP contribution in [-0.4, -0.2) is 29.9 Å². The third-order valence-corrected chi connectivity index (χ3v) is 5.82. The summed E-state index contributed by atoms with van der Waals surface area (Å²) in [5, 5.41) is 7.86. The third-order valence-electron chi connectivity index (χ3n) is 4.23. The fourth-order valence-corrected chi connectivity index (χ4v) is 4.06. The molecule has 42 heavy (non-hydrogen) atoms. The molecule has 0 amide bonds. The summed E-state index contributed by atoms with van der Waals surface area (Å²) in [7, 11) is -9.89. The number of fused-ring (bicyclic) bond motifs is 2. The van der Waals surface area contributed by atoms with Gasteiger partial charge in [0.15, 0.2) is 11.3 Å². The van der Waals surface area contributed by atoms with E-state index in [9.17, 15) is 0 Å². The average Bonchev–Trinajstić information content (AvgIpc) is 3.62. The summed E-state index contributed by atoms with van der Waals surface area (Å²) < 4.78 is 67.9. The van der Waals surface area contributed by atoms with Gasteiger partial charge in [-0.3, -0.25) is 0 Å². The topological polar surface area (TPSA) is 262 Å². The van der Waals surface area contributed by atoms with Crippen LogP contribution < -0.4 is 37.3 Å². The van der Waals surface area contributed by atoms with Crippen molar-refractivity contribution < 1.29 is 91.9 Å². The number of pyridine rings is 4. The van der Waals surface area contributed by atoms with Gasteiger partial charge >= 0.3 is 34.1 Å². The molecule has 0 N–H and O–H groups in total. The van der Waals surface area contributed by atoms with E-state index >= 15 is 0 Å². The third kappa shape index (κ3) is 14.2. The Morgan fingerprint density at radius 2 is 0.833 bits per heavy atom. The van der Waals surface area contributed by atoms with E-state index in [1.165, 1.54) is 0 Å². The van der Waals surface area contributed by atoms with Crippen molar-refractivity contribution in [3.8, 4) is 21.4 Å². The van der Waals surface area contributed by atoms with E-state index < -0.39 is 20.5 Å². The van der Waals surface area contributed by atoms with E-state index in [1.807, 2.05) is 59.3 Å². The van der Waals surface area contributed by atoms with Crippen molar-refractivity contribution >= 4 is 44.7 Å². The Bertz CT molecular complexity index is 1500. The first-order valence-electron chi connectivity index (χ1n) is 10.3. The number of hydrogen-bond donors (Lipinski definition) is 0. The SMILES string of the molecule is [Cu+].[Cu+].[O-][Cl+3]([O-])([O-])[O-].[O-][Cl+3]([O-])([O-])[O-].c1cnc2nc(-c3nccs3)ccc2c1.c1cnc2nc(-c3nccs3)ccc2c1. The minimum Gasteiger partial charge on any atom is -0.243 e. The van der Waals surface area contributed by atoms with Crippen LogP contribution in [0.2, 0.25) is 0 Å². The van der Waals surface area contributed by atoms with Crippen molar-refractivity contribution in [2.75, 3.05) is 0 Å². The zero-order chi connectivity index (χ0) is 29.2. The zero-order valence-electron chi connectivity index (χ0n) is 20.2. The van der Waals surface area contributed by atoms with Gasteiger partial charge in [0.25, 0.3) is 0 Å². The monoisotopic (exact) mass is 750 g/mol. The Labute approximate surface area is 270 Å². The standard InChI is InChI=1S/2C11H7N3S.2ClHO4.2Cu/c2*1-2-8-3-4-9(11-13-6-7-15-11)14-10(8)12-5-1;2*2-1(3,4)5;;/h2*1-7H;2*(H,2,3,4,5);;/q;;;;2*+1/p-2. The zero-order valence-corrected chi connectivity index (χ0v) is 25.2. The molecule has 0 fully saturated rings. The molecule has 14 nitrogen and oxygen atoms in total. The Morgan fingerprint density at radius 3 is 1.14 bits per heavy atom. The molecule has 20 heteroatoms. The summed E-state index contributed by atoms with van der Waals surface area (Å²) in [6.45, 7) is 0. The van der Waals surface area contributed by atoms with Crippen LogP contribution in [-0.2, 0) is 34.1 Å². The van der Waals surface area contributed by atoms with E-state index in [1.54, 1.807) is 47.5 Å². The molecule has 0 aliphatic heterocycles. The number of aromatic nitrogens is 6. The Balaban J connectivity index is 0.000000310. The molecule has 6 rings (SSSR count). The largest absolute Gasteiger partial charge is 1.00 e. The second-order valence-corrected chi connectivity index (χ2v) is 10.2. The molecule has 0 unspecified atom stereocenters. The maximum absolute atomic E-state index is 8.49. The first kappa shape index (κ1) is 37.7. The van der Waals surface area contributed by atoms with Crippen LogP contribution in [0.1, 0.15) is 0 Å². The molecular formula is C22H14Cl2Cu2N6O8S2. The molecule has 0 saturated heterocycles. The maximum atomic E-state index is 8.49. The molecule has 6 heterocycles. The summed E-state index contributed by atoms with van der Waals surface area (Å²) in [6.07, 6.45) is 7.07. The average molecular weight is 753 g/mol. The van der Waals surface area contributed by atoms with Crippen LogP contribution in [0.15, 0.2) is 84.1 Å². The van der Waals surface area contributed by atoms with Gasteiger partial charge in [0.05, 0.1) is 0 Å². The normalized spacial score (nSPS) is 10.5. The van der Waals surface area contributed by atoms with Crippen molar-refractivity contribution in [3.63, 3.8) is 0 Å². The molecule has 0 saturated carbocycles. The summed E-state index contributed by atoms with van der Waals surface area (Å²) in [5.74, 6) is 0. The smallest absolute Gasteiger partial charge is 0.243 e. The van der Waals surface area contributed by atoms with E-state index in [-0.39, 0.29) is 34.1 Å². The maximum Gasteiger partial charge on any atom is 1.00 e. The predicted molar refractivity (Wildman–Crippen MR) is 121 cm³/mol. The summed E-state index contributed by atoms with van der Waals surface area (Å²) in [5.41, 5.74) is 3.31. The summed E-state index contributed by atoms with van der Waals surface area (Å²) in [4.78, 5) is 25.8. The van der Waals surface area contributed by atoms with Gasteiger partial charge in [0.1, 0.15) is 21.4 Å². The van der Waals surface area contributed by atoms with Crippen LogP contribution in [0.4, 0.5) is 0 Å². The molecule has 0 aliphatic rings. The number of thiazole rings is 2. The molecule has 0 aliphatic carbocycles. The summed E-state index contributed by atoms with van der Waals surface area (Å²) >= 11 is 3.17. The van der Waals surface area contributed by atoms with Crippen LogP contribution in [0.3, 0.4) is 0 Å². The van der Waals surface area contributed by atoms with Crippen molar-refractivity contribution in [2.24, 2.45) is 0 Å². The van der Waals surface area contributed by atoms with Gasteiger partial charge in [0.2, 0.25) is 0 Å². The minimum atomic E-state index is -4.94. The molecule has 0 radical (unpaired) electrons. The van der Waals surface area contributed by atoms with Crippen LogP contribution >= 0.6 is 22.7 Å². The quantitative estimate of drug-likeness (QED) is 0.153. The van der Waals surface area contributed by atoms with Crippen molar-refractivity contribution in [3.05, 3.63) is 84.1 Å². The molecular weight excluding hydrogens is 738 g/mol. The molecule has 0 bridgehead atoms. The van der Waals surface area contributed by atoms with Crippen LogP contribution in [0.25, 0.3) is 43.5 Å². The number of halogens is 2. The van der Waals surface area contributed by atoms with Crippen molar-refractivity contribution in [1.29, 1.82) is 0 Å². The summed E-state index contributed by atoms with van der Waals surface area (Å²) in [6, 6.07) is 15.8. The fourth-order valence-electron chi connectivity index (χ4n) is 2.84. The van der Waals surface area contributed by atoms with Gasteiger partial charge in [-0.15, -0.1) is 43.2 Å².